The fraction of sp³-hybridized carbons (Fsp3) is 0.727. The number of aldehydes is 1. The number of nitrogens with one attached hydrogen (secondary N) is 1. The second-order valence-electron chi connectivity index (χ2n) is 19.3. The van der Waals surface area contributed by atoms with Crippen molar-refractivity contribution in [3.05, 3.63) is 59.2 Å². The lowest BCUT2D eigenvalue weighted by Crippen LogP contribution is -2.85. The van der Waals surface area contributed by atoms with Crippen LogP contribution in [0.4, 0.5) is 0 Å². The van der Waals surface area contributed by atoms with Gasteiger partial charge in [-0.15, -0.1) is 0 Å². The summed E-state index contributed by atoms with van der Waals surface area (Å²) in [5, 5.41) is 78.7. The van der Waals surface area contributed by atoms with Crippen LogP contribution in [0.15, 0.2) is 48.1 Å². The normalized spacial score (nSPS) is 51.9. The van der Waals surface area contributed by atoms with Crippen LogP contribution in [0.25, 0.3) is 0 Å². The van der Waals surface area contributed by atoms with Gasteiger partial charge in [-0.2, -0.15) is 0 Å². The number of esters is 1. The highest BCUT2D eigenvalue weighted by Crippen LogP contribution is 2.76. The van der Waals surface area contributed by atoms with Crippen molar-refractivity contribution in [3.8, 4) is 0 Å². The second kappa shape index (κ2) is 12.5. The number of ether oxygens (including phenoxy) is 1. The van der Waals surface area contributed by atoms with Crippen molar-refractivity contribution in [2.75, 3.05) is 7.05 Å². The molecule has 10 heteroatoms. The molecule has 0 amide bonds. The van der Waals surface area contributed by atoms with E-state index in [0.717, 1.165) is 29.4 Å². The van der Waals surface area contributed by atoms with E-state index < -0.39 is 69.7 Å². The Morgan fingerprint density at radius 3 is 2.50 bits per heavy atom. The monoisotopic (exact) mass is 745 g/mol. The van der Waals surface area contributed by atoms with E-state index in [1.165, 1.54) is 0 Å². The van der Waals surface area contributed by atoms with Crippen molar-refractivity contribution in [3.63, 3.8) is 0 Å². The Bertz CT molecular complexity index is 1760. The number of fused-ring (bicyclic) bond motifs is 9. The lowest BCUT2D eigenvalue weighted by atomic mass is 9.35. The fourth-order valence-electron chi connectivity index (χ4n) is 15.3. The fourth-order valence-corrected chi connectivity index (χ4v) is 15.3. The van der Waals surface area contributed by atoms with Crippen LogP contribution in [0.2, 0.25) is 0 Å². The minimum atomic E-state index is -2.15. The first kappa shape index (κ1) is 37.2. The molecule has 0 aromatic heterocycles. The third kappa shape index (κ3) is 4.48. The summed E-state index contributed by atoms with van der Waals surface area (Å²) in [5.41, 5.74) is -5.57. The van der Waals surface area contributed by atoms with Gasteiger partial charge in [0, 0.05) is 41.2 Å². The molecular formula is C44H59NO9. The third-order valence-corrected chi connectivity index (χ3v) is 17.7. The number of carbonyl (C=O) groups is 2. The Balaban J connectivity index is 1.14. The van der Waals surface area contributed by atoms with Crippen molar-refractivity contribution in [1.82, 2.24) is 5.32 Å². The van der Waals surface area contributed by atoms with E-state index in [0.29, 0.717) is 44.9 Å². The van der Waals surface area contributed by atoms with Gasteiger partial charge in [-0.05, 0) is 118 Å². The summed E-state index contributed by atoms with van der Waals surface area (Å²) >= 11 is 0. The maximum atomic E-state index is 13.9. The molecule has 1 aromatic rings. The van der Waals surface area contributed by atoms with Crippen LogP contribution in [0.3, 0.4) is 0 Å². The lowest BCUT2D eigenvalue weighted by Gasteiger charge is -2.72. The smallest absolute Gasteiger partial charge is 0.331 e. The van der Waals surface area contributed by atoms with Crippen molar-refractivity contribution < 1.29 is 45.0 Å². The van der Waals surface area contributed by atoms with Crippen LogP contribution in [-0.4, -0.2) is 91.1 Å². The standard InChI is InChI=1S/C44H59NO9/c1-23-7-6-10-25-16-31-34(48)11-14-41(22-47)35-12-13-40(2)37-27(20-42(40,51)44(35,53)39(50)32(18-28(23)25)43(31,41)52)15-29(38-30(37)19-36(49)54-38)33(45-3)17-24-8-4-5-9-26(24)21-46/h4-6,8-10,19,22-23,25,27-29,31-35,37-39,45-46,48,50-53H,7,11-18,20-21H2,1-3H3/t23-,25+,27+,28-,29-,31-,32+,33+,34-,35+,37+,38-,39-,40+,41-,42+,43+,44+/m0/s1. The topological polar surface area (TPSA) is 177 Å². The van der Waals surface area contributed by atoms with Gasteiger partial charge in [0.25, 0.3) is 0 Å². The summed E-state index contributed by atoms with van der Waals surface area (Å²) in [6.45, 7) is 4.08. The molecule has 294 valence electrons. The molecule has 9 rings (SSSR count). The van der Waals surface area contributed by atoms with Gasteiger partial charge >= 0.3 is 5.97 Å². The van der Waals surface area contributed by atoms with Gasteiger partial charge < -0.3 is 45.5 Å². The van der Waals surface area contributed by atoms with Crippen LogP contribution < -0.4 is 5.32 Å². The van der Waals surface area contributed by atoms with E-state index >= 15 is 0 Å². The highest BCUT2D eigenvalue weighted by atomic mass is 16.5. The van der Waals surface area contributed by atoms with E-state index in [1.807, 2.05) is 38.2 Å². The maximum Gasteiger partial charge on any atom is 0.331 e. The van der Waals surface area contributed by atoms with Gasteiger partial charge in [0.05, 0.1) is 29.8 Å². The van der Waals surface area contributed by atoms with Crippen LogP contribution >= 0.6 is 0 Å². The van der Waals surface area contributed by atoms with E-state index in [4.69, 9.17) is 4.74 Å². The molecule has 0 bridgehead atoms. The van der Waals surface area contributed by atoms with E-state index in [-0.39, 0.29) is 61.0 Å². The first-order valence-electron chi connectivity index (χ1n) is 20.7. The molecule has 0 saturated heterocycles. The first-order chi connectivity index (χ1) is 25.7. The Morgan fingerprint density at radius 1 is 1.02 bits per heavy atom. The van der Waals surface area contributed by atoms with Crippen LogP contribution in [0, 0.1) is 64.1 Å². The van der Waals surface area contributed by atoms with Crippen LogP contribution in [0.5, 0.6) is 0 Å². The quantitative estimate of drug-likeness (QED) is 0.130. The molecular weight excluding hydrogens is 686 g/mol. The molecule has 7 N–H and O–H groups in total. The van der Waals surface area contributed by atoms with E-state index in [1.54, 1.807) is 6.08 Å². The van der Waals surface area contributed by atoms with Gasteiger partial charge in [-0.1, -0.05) is 50.3 Å². The zero-order valence-electron chi connectivity index (χ0n) is 31.8. The van der Waals surface area contributed by atoms with Crippen molar-refractivity contribution in [2.24, 2.45) is 64.1 Å². The Hall–Kier alpha value is -2.44. The molecule has 10 nitrogen and oxygen atoms in total. The van der Waals surface area contributed by atoms with Crippen molar-refractivity contribution in [1.29, 1.82) is 0 Å². The second-order valence-corrected chi connectivity index (χ2v) is 19.3. The SMILES string of the molecule is CN[C@H](Cc1ccccc1CO)[C@@H]1C[C@@H]2C[C@]3(O)[C@]4(O)[C@@H](O)[C@H]5C[C@@H]6[C@H](C=CC[C@@H]6C)C[C@H]6[C@@H](O)CC[C@](C=O)([C@H]4CC[C@]3(C)[C@H]2C2=CC(=O)O[C@H]21)[C@]56O. The number of allylic oxidation sites excluding steroid dienone is 2. The summed E-state index contributed by atoms with van der Waals surface area (Å²) < 4.78 is 6.11. The molecule has 6 saturated carbocycles. The average Bonchev–Trinajstić information content (AvgIpc) is 3.60. The van der Waals surface area contributed by atoms with Gasteiger partial charge in [0.2, 0.25) is 0 Å². The highest BCUT2D eigenvalue weighted by molar-refractivity contribution is 5.86. The highest BCUT2D eigenvalue weighted by Gasteiger charge is 2.85. The molecule has 6 fully saturated rings. The Morgan fingerprint density at radius 2 is 1.78 bits per heavy atom. The molecule has 54 heavy (non-hydrogen) atoms. The summed E-state index contributed by atoms with van der Waals surface area (Å²) in [7, 11) is 1.89. The Kier molecular flexibility index (Phi) is 8.62. The molecule has 1 aromatic carbocycles. The Labute approximate surface area is 318 Å². The van der Waals surface area contributed by atoms with Crippen molar-refractivity contribution >= 4 is 12.3 Å². The number of aliphatic hydroxyl groups is 6. The number of hydrogen-bond acceptors (Lipinski definition) is 10. The molecule has 0 radical (unpaired) electrons. The number of carbonyl (C=O) groups excluding carboxylic acids is 2. The molecule has 1 aliphatic heterocycles. The number of aliphatic hydroxyl groups excluding tert-OH is 3. The largest absolute Gasteiger partial charge is 0.454 e. The van der Waals surface area contributed by atoms with Crippen LogP contribution in [-0.2, 0) is 27.4 Å². The number of rotatable bonds is 6. The third-order valence-electron chi connectivity index (χ3n) is 17.7. The molecule has 7 aliphatic carbocycles. The number of benzene rings is 1. The maximum absolute atomic E-state index is 13.9. The van der Waals surface area contributed by atoms with E-state index in [2.05, 4.69) is 24.4 Å². The minimum Gasteiger partial charge on any atom is -0.454 e. The predicted molar refractivity (Wildman–Crippen MR) is 198 cm³/mol. The lowest BCUT2D eigenvalue weighted by molar-refractivity contribution is -0.373. The molecule has 18 atom stereocenters. The molecule has 1 heterocycles. The average molecular weight is 746 g/mol. The zero-order chi connectivity index (χ0) is 38.2. The first-order valence-corrected chi connectivity index (χ1v) is 20.7. The molecule has 8 aliphatic rings. The summed E-state index contributed by atoms with van der Waals surface area (Å²) in [6.07, 6.45) is 8.07. The van der Waals surface area contributed by atoms with Gasteiger partial charge in [-0.25, -0.2) is 4.79 Å². The molecule has 0 spiro atoms. The van der Waals surface area contributed by atoms with Crippen LogP contribution in [0.1, 0.15) is 82.8 Å². The van der Waals surface area contributed by atoms with Crippen molar-refractivity contribution in [2.45, 2.75) is 126 Å². The minimum absolute atomic E-state index is 0.0576. The van der Waals surface area contributed by atoms with E-state index in [9.17, 15) is 40.2 Å². The summed E-state index contributed by atoms with van der Waals surface area (Å²) in [6, 6.07) is 7.63. The van der Waals surface area contributed by atoms with Gasteiger partial charge in [0.15, 0.2) is 0 Å². The number of hydrogen-bond donors (Lipinski definition) is 7. The van der Waals surface area contributed by atoms with Gasteiger partial charge in [-0.3, -0.25) is 0 Å². The van der Waals surface area contributed by atoms with Gasteiger partial charge in [0.1, 0.15) is 23.6 Å². The summed E-state index contributed by atoms with van der Waals surface area (Å²) in [4.78, 5) is 27.1. The number of likely N-dealkylation sites (N-methyl/N-ethyl adjacent to an activating group) is 1. The molecule has 0 unspecified atom stereocenters. The summed E-state index contributed by atoms with van der Waals surface area (Å²) in [5.74, 6) is -3.26. The predicted octanol–water partition coefficient (Wildman–Crippen LogP) is 3.00. The zero-order valence-corrected chi connectivity index (χ0v) is 31.8.